The van der Waals surface area contributed by atoms with E-state index in [2.05, 4.69) is 4.98 Å². The zero-order chi connectivity index (χ0) is 14.9. The van der Waals surface area contributed by atoms with E-state index >= 15 is 0 Å². The second-order valence-electron chi connectivity index (χ2n) is 6.17. The third-order valence-electron chi connectivity index (χ3n) is 4.87. The van der Waals surface area contributed by atoms with Crippen LogP contribution in [0.3, 0.4) is 0 Å². The third kappa shape index (κ3) is 2.85. The molecule has 1 aliphatic heterocycles. The summed E-state index contributed by atoms with van der Waals surface area (Å²) in [4.78, 5) is 29.3. The van der Waals surface area contributed by atoms with Gasteiger partial charge in [0.2, 0.25) is 5.91 Å². The monoisotopic (exact) mass is 291 g/mol. The van der Waals surface area contributed by atoms with Gasteiger partial charge in [-0.25, -0.2) is 9.78 Å². The molecule has 0 radical (unpaired) electrons. The first-order chi connectivity index (χ1) is 10.1. The molecule has 1 N–H and O–H groups in total. The summed E-state index contributed by atoms with van der Waals surface area (Å²) in [6, 6.07) is 1.64. The van der Waals surface area contributed by atoms with Crippen molar-refractivity contribution in [2.45, 2.75) is 44.2 Å². The van der Waals surface area contributed by atoms with Gasteiger partial charge in [0.15, 0.2) is 0 Å². The second kappa shape index (κ2) is 5.60. The fourth-order valence-electron chi connectivity index (χ4n) is 3.55. The molecule has 1 saturated heterocycles. The number of nitrogens with zero attached hydrogens (tertiary/aromatic N) is 3. The summed E-state index contributed by atoms with van der Waals surface area (Å²) >= 11 is 0. The number of amides is 1. The van der Waals surface area contributed by atoms with Gasteiger partial charge in [-0.15, -0.1) is 0 Å². The maximum atomic E-state index is 12.4. The zero-order valence-corrected chi connectivity index (χ0v) is 12.1. The molecular weight excluding hydrogens is 270 g/mol. The topological polar surface area (TPSA) is 75.4 Å². The number of hydrogen-bond donors (Lipinski definition) is 1. The number of carbonyl (C=O) groups excluding carboxylic acids is 1. The van der Waals surface area contributed by atoms with Crippen LogP contribution in [0.5, 0.6) is 0 Å². The van der Waals surface area contributed by atoms with Crippen molar-refractivity contribution in [3.05, 3.63) is 28.9 Å². The van der Waals surface area contributed by atoms with Crippen LogP contribution in [0.25, 0.3) is 0 Å². The van der Waals surface area contributed by atoms with Crippen molar-refractivity contribution in [2.24, 2.45) is 5.92 Å². The standard InChI is InChI=1S/C15H21N3O3/c19-13(11-18-8-3-7-16-14(18)20)17-9-6-15(21)5-2-1-4-12(15)10-17/h3,7-8,12,21H,1-2,4-6,9-11H2. The van der Waals surface area contributed by atoms with Crippen molar-refractivity contribution in [1.82, 2.24) is 14.5 Å². The summed E-state index contributed by atoms with van der Waals surface area (Å²) in [6.07, 6.45) is 7.67. The Morgan fingerprint density at radius 2 is 2.29 bits per heavy atom. The Kier molecular flexibility index (Phi) is 3.80. The number of piperidine rings is 1. The average Bonchev–Trinajstić information content (AvgIpc) is 2.48. The molecule has 21 heavy (non-hydrogen) atoms. The molecule has 1 saturated carbocycles. The van der Waals surface area contributed by atoms with E-state index in [1.54, 1.807) is 17.2 Å². The molecule has 1 aliphatic carbocycles. The van der Waals surface area contributed by atoms with Crippen LogP contribution in [0.4, 0.5) is 0 Å². The van der Waals surface area contributed by atoms with Crippen LogP contribution in [0.2, 0.25) is 0 Å². The molecule has 6 nitrogen and oxygen atoms in total. The fraction of sp³-hybridized carbons (Fsp3) is 0.667. The Labute approximate surface area is 123 Å². The maximum absolute atomic E-state index is 12.4. The fourth-order valence-corrected chi connectivity index (χ4v) is 3.55. The van der Waals surface area contributed by atoms with Crippen LogP contribution in [-0.2, 0) is 11.3 Å². The molecule has 1 aromatic rings. The van der Waals surface area contributed by atoms with Crippen molar-refractivity contribution >= 4 is 5.91 Å². The van der Waals surface area contributed by atoms with E-state index in [0.29, 0.717) is 19.5 Å². The Hall–Kier alpha value is -1.69. The second-order valence-corrected chi connectivity index (χ2v) is 6.17. The van der Waals surface area contributed by atoms with Gasteiger partial charge < -0.3 is 10.0 Å². The molecule has 1 amide bonds. The van der Waals surface area contributed by atoms with Crippen LogP contribution >= 0.6 is 0 Å². The Bertz CT molecular complexity index is 586. The first-order valence-corrected chi connectivity index (χ1v) is 7.60. The summed E-state index contributed by atoms with van der Waals surface area (Å²) in [7, 11) is 0. The first-order valence-electron chi connectivity index (χ1n) is 7.60. The van der Waals surface area contributed by atoms with Gasteiger partial charge >= 0.3 is 5.69 Å². The molecular formula is C15H21N3O3. The van der Waals surface area contributed by atoms with Gasteiger partial charge in [-0.05, 0) is 25.3 Å². The minimum atomic E-state index is -0.583. The van der Waals surface area contributed by atoms with Gasteiger partial charge in [-0.3, -0.25) is 9.36 Å². The van der Waals surface area contributed by atoms with Crippen LogP contribution in [0.15, 0.2) is 23.3 Å². The molecule has 2 heterocycles. The zero-order valence-electron chi connectivity index (χ0n) is 12.1. The van der Waals surface area contributed by atoms with Gasteiger partial charge in [0, 0.05) is 31.4 Å². The highest BCUT2D eigenvalue weighted by Crippen LogP contribution is 2.39. The highest BCUT2D eigenvalue weighted by atomic mass is 16.3. The molecule has 2 aliphatic rings. The SMILES string of the molecule is O=C(Cn1cccnc1=O)N1CCC2(O)CCCCC2C1. The molecule has 6 heteroatoms. The quantitative estimate of drug-likeness (QED) is 0.855. The lowest BCUT2D eigenvalue weighted by Gasteiger charge is -2.47. The Morgan fingerprint density at radius 1 is 1.43 bits per heavy atom. The number of fused-ring (bicyclic) bond motifs is 1. The lowest BCUT2D eigenvalue weighted by atomic mass is 9.71. The van der Waals surface area contributed by atoms with Gasteiger partial charge in [0.05, 0.1) is 5.60 Å². The molecule has 2 unspecified atom stereocenters. The highest BCUT2D eigenvalue weighted by molar-refractivity contribution is 5.76. The lowest BCUT2D eigenvalue weighted by molar-refractivity contribution is -0.144. The van der Waals surface area contributed by atoms with Gasteiger partial charge in [-0.2, -0.15) is 0 Å². The number of carbonyl (C=O) groups is 1. The van der Waals surface area contributed by atoms with E-state index in [1.165, 1.54) is 10.8 Å². The Balaban J connectivity index is 1.67. The van der Waals surface area contributed by atoms with Crippen LogP contribution in [0.1, 0.15) is 32.1 Å². The van der Waals surface area contributed by atoms with E-state index in [0.717, 1.165) is 25.7 Å². The number of likely N-dealkylation sites (tertiary alicyclic amines) is 1. The molecule has 0 bridgehead atoms. The molecule has 3 rings (SSSR count). The third-order valence-corrected chi connectivity index (χ3v) is 4.87. The predicted molar refractivity (Wildman–Crippen MR) is 76.6 cm³/mol. The molecule has 114 valence electrons. The molecule has 2 fully saturated rings. The molecule has 0 spiro atoms. The smallest absolute Gasteiger partial charge is 0.347 e. The van der Waals surface area contributed by atoms with Crippen LogP contribution in [-0.4, -0.2) is 44.2 Å². The summed E-state index contributed by atoms with van der Waals surface area (Å²) in [5.41, 5.74) is -0.989. The average molecular weight is 291 g/mol. The van der Waals surface area contributed by atoms with Crippen molar-refractivity contribution in [1.29, 1.82) is 0 Å². The number of aromatic nitrogens is 2. The minimum Gasteiger partial charge on any atom is -0.389 e. The lowest BCUT2D eigenvalue weighted by Crippen LogP contribution is -2.55. The van der Waals surface area contributed by atoms with Gasteiger partial charge in [-0.1, -0.05) is 12.8 Å². The van der Waals surface area contributed by atoms with Crippen molar-refractivity contribution in [3.63, 3.8) is 0 Å². The summed E-state index contributed by atoms with van der Waals surface area (Å²) in [5.74, 6) is 0.104. The normalized spacial score (nSPS) is 29.0. The van der Waals surface area contributed by atoms with Crippen molar-refractivity contribution < 1.29 is 9.90 Å². The van der Waals surface area contributed by atoms with Gasteiger partial charge in [0.25, 0.3) is 0 Å². The summed E-state index contributed by atoms with van der Waals surface area (Å²) in [6.45, 7) is 1.20. The van der Waals surface area contributed by atoms with E-state index in [9.17, 15) is 14.7 Å². The van der Waals surface area contributed by atoms with Gasteiger partial charge in [0.1, 0.15) is 6.54 Å². The summed E-state index contributed by atoms with van der Waals surface area (Å²) < 4.78 is 1.32. The summed E-state index contributed by atoms with van der Waals surface area (Å²) in [5, 5.41) is 10.6. The van der Waals surface area contributed by atoms with Crippen LogP contribution < -0.4 is 5.69 Å². The van der Waals surface area contributed by atoms with Crippen molar-refractivity contribution in [2.75, 3.05) is 13.1 Å². The number of rotatable bonds is 2. The van der Waals surface area contributed by atoms with E-state index < -0.39 is 11.3 Å². The molecule has 0 aromatic carbocycles. The maximum Gasteiger partial charge on any atom is 0.347 e. The number of hydrogen-bond acceptors (Lipinski definition) is 4. The van der Waals surface area contributed by atoms with Crippen molar-refractivity contribution in [3.8, 4) is 0 Å². The number of aliphatic hydroxyl groups is 1. The molecule has 2 atom stereocenters. The van der Waals surface area contributed by atoms with E-state index in [1.807, 2.05) is 0 Å². The largest absolute Gasteiger partial charge is 0.389 e. The van der Waals surface area contributed by atoms with E-state index in [-0.39, 0.29) is 18.4 Å². The Morgan fingerprint density at radius 3 is 3.10 bits per heavy atom. The van der Waals surface area contributed by atoms with Crippen LogP contribution in [0, 0.1) is 5.92 Å². The first kappa shape index (κ1) is 14.3. The highest BCUT2D eigenvalue weighted by Gasteiger charge is 2.43. The minimum absolute atomic E-state index is 0.0256. The predicted octanol–water partition coefficient (Wildman–Crippen LogP) is 0.397. The molecule has 1 aromatic heterocycles. The van der Waals surface area contributed by atoms with E-state index in [4.69, 9.17) is 0 Å².